The smallest absolute Gasteiger partial charge is 0.255 e. The third-order valence-electron chi connectivity index (χ3n) is 2.66. The number of rotatable bonds is 3. The monoisotopic (exact) mass is 369 g/mol. The molecule has 21 heavy (non-hydrogen) atoms. The van der Waals surface area contributed by atoms with Gasteiger partial charge < -0.3 is 5.32 Å². The summed E-state index contributed by atoms with van der Waals surface area (Å²) in [6.45, 7) is 1.79. The zero-order valence-electron chi connectivity index (χ0n) is 11.0. The van der Waals surface area contributed by atoms with Gasteiger partial charge in [-0.1, -0.05) is 0 Å². The average molecular weight is 370 g/mol. The van der Waals surface area contributed by atoms with Gasteiger partial charge in [-0.15, -0.1) is 0 Å². The Morgan fingerprint density at radius 2 is 2.00 bits per heavy atom. The maximum absolute atomic E-state index is 12.1. The molecule has 3 N–H and O–H groups in total. The van der Waals surface area contributed by atoms with Crippen LogP contribution in [0.5, 0.6) is 0 Å². The van der Waals surface area contributed by atoms with Gasteiger partial charge in [-0.3, -0.25) is 9.78 Å². The largest absolute Gasteiger partial charge is 0.322 e. The number of carbonyl (C=O) groups excluding carboxylic acids is 1. The molecule has 0 saturated heterocycles. The van der Waals surface area contributed by atoms with E-state index in [0.29, 0.717) is 11.3 Å². The summed E-state index contributed by atoms with van der Waals surface area (Å²) < 4.78 is 22.9. The van der Waals surface area contributed by atoms with E-state index in [1.54, 1.807) is 25.3 Å². The molecule has 0 aliphatic heterocycles. The van der Waals surface area contributed by atoms with Gasteiger partial charge in [0.05, 0.1) is 4.90 Å². The Labute approximate surface area is 130 Å². The van der Waals surface area contributed by atoms with E-state index in [2.05, 4.69) is 26.2 Å². The summed E-state index contributed by atoms with van der Waals surface area (Å²) in [6.07, 6.45) is 1.55. The SMILES string of the molecule is Cc1cc(C(=O)Nc2ccc(S(N)(=O)=O)c(Br)c2)ccn1. The predicted octanol–water partition coefficient (Wildman–Crippen LogP) is 2.05. The van der Waals surface area contributed by atoms with Crippen LogP contribution in [0.1, 0.15) is 16.1 Å². The molecule has 1 aromatic carbocycles. The van der Waals surface area contributed by atoms with E-state index in [1.165, 1.54) is 18.2 Å². The Kier molecular flexibility index (Phi) is 4.40. The first-order valence-corrected chi connectivity index (χ1v) is 8.17. The molecule has 0 atom stereocenters. The van der Waals surface area contributed by atoms with Crippen molar-refractivity contribution in [2.24, 2.45) is 5.14 Å². The minimum atomic E-state index is -3.80. The third-order valence-corrected chi connectivity index (χ3v) is 4.54. The number of nitrogens with zero attached hydrogens (tertiary/aromatic N) is 1. The van der Waals surface area contributed by atoms with Crippen molar-refractivity contribution in [3.8, 4) is 0 Å². The van der Waals surface area contributed by atoms with Gasteiger partial charge in [0.1, 0.15) is 0 Å². The second-order valence-corrected chi connectivity index (χ2v) is 6.71. The lowest BCUT2D eigenvalue weighted by Crippen LogP contribution is -2.14. The van der Waals surface area contributed by atoms with Crippen LogP contribution >= 0.6 is 15.9 Å². The fourth-order valence-corrected chi connectivity index (χ4v) is 3.34. The Morgan fingerprint density at radius 1 is 1.29 bits per heavy atom. The first-order chi connectivity index (χ1) is 9.77. The molecule has 0 saturated carbocycles. The van der Waals surface area contributed by atoms with Crippen LogP contribution in [0.3, 0.4) is 0 Å². The van der Waals surface area contributed by atoms with Crippen molar-refractivity contribution in [2.45, 2.75) is 11.8 Å². The fraction of sp³-hybridized carbons (Fsp3) is 0.0769. The molecule has 1 heterocycles. The van der Waals surface area contributed by atoms with Crippen LogP contribution < -0.4 is 10.5 Å². The van der Waals surface area contributed by atoms with Crippen LogP contribution in [-0.2, 0) is 10.0 Å². The van der Waals surface area contributed by atoms with Crippen molar-refractivity contribution in [3.05, 3.63) is 52.3 Å². The highest BCUT2D eigenvalue weighted by Crippen LogP contribution is 2.24. The number of primary sulfonamides is 1. The number of sulfonamides is 1. The van der Waals surface area contributed by atoms with Crippen LogP contribution in [0.15, 0.2) is 45.9 Å². The van der Waals surface area contributed by atoms with Crippen LogP contribution in [0.4, 0.5) is 5.69 Å². The fourth-order valence-electron chi connectivity index (χ4n) is 1.70. The molecule has 0 bridgehead atoms. The maximum atomic E-state index is 12.1. The van der Waals surface area contributed by atoms with E-state index in [4.69, 9.17) is 5.14 Å². The Balaban J connectivity index is 2.25. The molecular formula is C13H12BrN3O3S. The average Bonchev–Trinajstić information content (AvgIpc) is 2.37. The number of benzene rings is 1. The number of pyridine rings is 1. The predicted molar refractivity (Wildman–Crippen MR) is 82.4 cm³/mol. The Hall–Kier alpha value is -1.77. The van der Waals surface area contributed by atoms with Crippen LogP contribution in [0.25, 0.3) is 0 Å². The second kappa shape index (κ2) is 5.92. The van der Waals surface area contributed by atoms with Gasteiger partial charge in [0, 0.05) is 27.6 Å². The maximum Gasteiger partial charge on any atom is 0.255 e. The first kappa shape index (κ1) is 15.6. The minimum absolute atomic E-state index is 0.0414. The summed E-state index contributed by atoms with van der Waals surface area (Å²) in [6, 6.07) is 7.52. The van der Waals surface area contributed by atoms with E-state index >= 15 is 0 Å². The number of nitrogens with two attached hydrogens (primary N) is 1. The first-order valence-electron chi connectivity index (χ1n) is 5.84. The summed E-state index contributed by atoms with van der Waals surface area (Å²) in [4.78, 5) is 16.0. The number of carbonyl (C=O) groups is 1. The lowest BCUT2D eigenvalue weighted by Gasteiger charge is -2.08. The van der Waals surface area contributed by atoms with Gasteiger partial charge in [-0.05, 0) is 53.2 Å². The number of halogens is 1. The van der Waals surface area contributed by atoms with Gasteiger partial charge in [-0.2, -0.15) is 0 Å². The standard InChI is InChI=1S/C13H12BrN3O3S/c1-8-6-9(4-5-16-8)13(18)17-10-2-3-12(11(14)7-10)21(15,19)20/h2-7H,1H3,(H,17,18)(H2,15,19,20). The molecule has 0 fully saturated rings. The van der Waals surface area contributed by atoms with E-state index < -0.39 is 10.0 Å². The molecule has 0 radical (unpaired) electrons. The number of amides is 1. The van der Waals surface area contributed by atoms with Crippen LogP contribution in [-0.4, -0.2) is 19.3 Å². The minimum Gasteiger partial charge on any atom is -0.322 e. The quantitative estimate of drug-likeness (QED) is 0.863. The summed E-state index contributed by atoms with van der Waals surface area (Å²) in [5.41, 5.74) is 1.65. The van der Waals surface area contributed by atoms with Crippen molar-refractivity contribution in [1.82, 2.24) is 4.98 Å². The third kappa shape index (κ3) is 3.87. The molecular weight excluding hydrogens is 358 g/mol. The van der Waals surface area contributed by atoms with Gasteiger partial charge in [-0.25, -0.2) is 13.6 Å². The van der Waals surface area contributed by atoms with Crippen molar-refractivity contribution >= 4 is 37.5 Å². The van der Waals surface area contributed by atoms with Gasteiger partial charge >= 0.3 is 0 Å². The van der Waals surface area contributed by atoms with Gasteiger partial charge in [0.2, 0.25) is 10.0 Å². The Morgan fingerprint density at radius 3 is 2.57 bits per heavy atom. The van der Waals surface area contributed by atoms with Gasteiger partial charge in [0.15, 0.2) is 0 Å². The molecule has 0 aliphatic rings. The number of hydrogen-bond acceptors (Lipinski definition) is 4. The van der Waals surface area contributed by atoms with E-state index in [9.17, 15) is 13.2 Å². The van der Waals surface area contributed by atoms with E-state index in [0.717, 1.165) is 5.69 Å². The van der Waals surface area contributed by atoms with Crippen LogP contribution in [0.2, 0.25) is 0 Å². The van der Waals surface area contributed by atoms with Gasteiger partial charge in [0.25, 0.3) is 5.91 Å². The molecule has 2 aromatic rings. The number of aryl methyl sites for hydroxylation is 1. The highest BCUT2D eigenvalue weighted by molar-refractivity contribution is 9.10. The van der Waals surface area contributed by atoms with Crippen molar-refractivity contribution < 1.29 is 13.2 Å². The lowest BCUT2D eigenvalue weighted by atomic mass is 10.2. The summed E-state index contributed by atoms with van der Waals surface area (Å²) >= 11 is 3.12. The molecule has 0 spiro atoms. The highest BCUT2D eigenvalue weighted by atomic mass is 79.9. The summed E-state index contributed by atoms with van der Waals surface area (Å²) in [7, 11) is -3.80. The van der Waals surface area contributed by atoms with Crippen molar-refractivity contribution in [2.75, 3.05) is 5.32 Å². The summed E-state index contributed by atoms with van der Waals surface area (Å²) in [5.74, 6) is -0.309. The number of anilines is 1. The van der Waals surface area contributed by atoms with Crippen molar-refractivity contribution in [3.63, 3.8) is 0 Å². The van der Waals surface area contributed by atoms with E-state index in [1.807, 2.05) is 0 Å². The number of nitrogens with one attached hydrogen (secondary N) is 1. The summed E-state index contributed by atoms with van der Waals surface area (Å²) in [5, 5.41) is 7.74. The number of aromatic nitrogens is 1. The highest BCUT2D eigenvalue weighted by Gasteiger charge is 2.14. The zero-order chi connectivity index (χ0) is 15.6. The Bertz CT molecular complexity index is 806. The molecule has 0 aliphatic carbocycles. The van der Waals surface area contributed by atoms with Crippen molar-refractivity contribution in [1.29, 1.82) is 0 Å². The second-order valence-electron chi connectivity index (χ2n) is 4.33. The molecule has 0 unspecified atom stereocenters. The molecule has 6 nitrogen and oxygen atoms in total. The molecule has 1 amide bonds. The molecule has 8 heteroatoms. The topological polar surface area (TPSA) is 102 Å². The number of hydrogen-bond donors (Lipinski definition) is 2. The molecule has 1 aromatic heterocycles. The molecule has 110 valence electrons. The normalized spacial score (nSPS) is 11.2. The van der Waals surface area contributed by atoms with Crippen LogP contribution in [0, 0.1) is 6.92 Å². The lowest BCUT2D eigenvalue weighted by molar-refractivity contribution is 0.102. The molecule has 2 rings (SSSR count). The zero-order valence-corrected chi connectivity index (χ0v) is 13.4. The van der Waals surface area contributed by atoms with E-state index in [-0.39, 0.29) is 15.3 Å².